The van der Waals surface area contributed by atoms with Gasteiger partial charge in [0.1, 0.15) is 17.8 Å². The molecule has 4 amide bonds. The van der Waals surface area contributed by atoms with Gasteiger partial charge in [0.15, 0.2) is 0 Å². The number of nitrogens with zero attached hydrogens (tertiary/aromatic N) is 1. The van der Waals surface area contributed by atoms with Crippen LogP contribution in [-0.2, 0) is 16.0 Å². The molecule has 0 aliphatic carbocycles. The van der Waals surface area contributed by atoms with Crippen molar-refractivity contribution in [2.75, 3.05) is 20.2 Å². The lowest BCUT2D eigenvalue weighted by atomic mass is 9.93. The van der Waals surface area contributed by atoms with Gasteiger partial charge in [-0.2, -0.15) is 0 Å². The highest BCUT2D eigenvalue weighted by Crippen LogP contribution is 2.23. The Hall–Kier alpha value is -2.57. The summed E-state index contributed by atoms with van der Waals surface area (Å²) in [6.07, 6.45) is 2.17. The first-order chi connectivity index (χ1) is 11.9. The molecule has 1 aromatic rings. The van der Waals surface area contributed by atoms with Gasteiger partial charge in [-0.3, -0.25) is 14.5 Å². The number of carbonyl (C=O) groups is 3. The molecule has 25 heavy (non-hydrogen) atoms. The van der Waals surface area contributed by atoms with Crippen molar-refractivity contribution in [2.24, 2.45) is 0 Å². The van der Waals surface area contributed by atoms with Crippen molar-refractivity contribution in [2.45, 2.75) is 38.6 Å². The van der Waals surface area contributed by atoms with E-state index in [4.69, 9.17) is 4.74 Å². The number of benzene rings is 1. The molecule has 1 saturated heterocycles. The molecule has 1 unspecified atom stereocenters. The Morgan fingerprint density at radius 3 is 2.56 bits per heavy atom. The third-order valence-corrected chi connectivity index (χ3v) is 4.22. The van der Waals surface area contributed by atoms with E-state index in [0.717, 1.165) is 29.1 Å². The van der Waals surface area contributed by atoms with Crippen LogP contribution in [0.2, 0.25) is 0 Å². The van der Waals surface area contributed by atoms with Gasteiger partial charge in [-0.05, 0) is 31.0 Å². The molecule has 7 nitrogen and oxygen atoms in total. The lowest BCUT2D eigenvalue weighted by molar-refractivity contribution is -0.134. The van der Waals surface area contributed by atoms with Crippen molar-refractivity contribution < 1.29 is 19.1 Å². The fourth-order valence-corrected chi connectivity index (χ4v) is 2.77. The second-order valence-electron chi connectivity index (χ2n) is 6.38. The molecule has 1 aliphatic rings. The number of urea groups is 1. The Kier molecular flexibility index (Phi) is 6.01. The Bertz CT molecular complexity index is 644. The van der Waals surface area contributed by atoms with Gasteiger partial charge in [0.2, 0.25) is 5.91 Å². The van der Waals surface area contributed by atoms with E-state index < -0.39 is 11.6 Å². The number of methoxy groups -OCH3 is 1. The van der Waals surface area contributed by atoms with Crippen LogP contribution in [0, 0.1) is 0 Å². The number of ether oxygens (including phenoxy) is 1. The van der Waals surface area contributed by atoms with Gasteiger partial charge >= 0.3 is 6.03 Å². The Morgan fingerprint density at radius 1 is 1.28 bits per heavy atom. The molecule has 0 bridgehead atoms. The summed E-state index contributed by atoms with van der Waals surface area (Å²) in [5.74, 6) is 0.00525. The number of rotatable bonds is 8. The molecule has 0 radical (unpaired) electrons. The Morgan fingerprint density at radius 2 is 1.96 bits per heavy atom. The van der Waals surface area contributed by atoms with E-state index in [0.29, 0.717) is 13.0 Å². The summed E-state index contributed by atoms with van der Waals surface area (Å²) >= 11 is 0. The third-order valence-electron chi connectivity index (χ3n) is 4.22. The van der Waals surface area contributed by atoms with Crippen molar-refractivity contribution in [1.29, 1.82) is 0 Å². The second-order valence-corrected chi connectivity index (χ2v) is 6.38. The van der Waals surface area contributed by atoms with Crippen molar-refractivity contribution in [3.05, 3.63) is 29.8 Å². The van der Waals surface area contributed by atoms with Crippen LogP contribution in [0.25, 0.3) is 0 Å². The van der Waals surface area contributed by atoms with E-state index in [2.05, 4.69) is 10.6 Å². The first-order valence-electron chi connectivity index (χ1n) is 8.43. The minimum atomic E-state index is -1.06. The van der Waals surface area contributed by atoms with Crippen LogP contribution < -0.4 is 15.4 Å². The average molecular weight is 347 g/mol. The third kappa shape index (κ3) is 4.49. The van der Waals surface area contributed by atoms with Gasteiger partial charge in [0.05, 0.1) is 7.11 Å². The van der Waals surface area contributed by atoms with Crippen molar-refractivity contribution in [3.8, 4) is 5.75 Å². The van der Waals surface area contributed by atoms with E-state index in [9.17, 15) is 14.4 Å². The minimum Gasteiger partial charge on any atom is -0.497 e. The summed E-state index contributed by atoms with van der Waals surface area (Å²) in [6.45, 7) is 3.98. The van der Waals surface area contributed by atoms with Gasteiger partial charge < -0.3 is 15.4 Å². The van der Waals surface area contributed by atoms with E-state index in [-0.39, 0.29) is 18.4 Å². The lowest BCUT2D eigenvalue weighted by Gasteiger charge is -2.21. The van der Waals surface area contributed by atoms with Crippen LogP contribution in [0.1, 0.15) is 32.3 Å². The fraction of sp³-hybridized carbons (Fsp3) is 0.500. The van der Waals surface area contributed by atoms with Crippen molar-refractivity contribution >= 4 is 17.8 Å². The maximum Gasteiger partial charge on any atom is 0.325 e. The predicted molar refractivity (Wildman–Crippen MR) is 93.3 cm³/mol. The molecule has 2 N–H and O–H groups in total. The van der Waals surface area contributed by atoms with E-state index in [1.165, 1.54) is 0 Å². The molecule has 0 spiro atoms. The molecule has 1 heterocycles. The van der Waals surface area contributed by atoms with Crippen molar-refractivity contribution in [3.63, 3.8) is 0 Å². The number of hydrogen-bond acceptors (Lipinski definition) is 4. The molecule has 0 aromatic heterocycles. The quantitative estimate of drug-likeness (QED) is 0.550. The van der Waals surface area contributed by atoms with Crippen LogP contribution in [0.15, 0.2) is 24.3 Å². The smallest absolute Gasteiger partial charge is 0.325 e. The van der Waals surface area contributed by atoms with Crippen LogP contribution in [0.4, 0.5) is 4.79 Å². The second kappa shape index (κ2) is 8.00. The van der Waals surface area contributed by atoms with Crippen LogP contribution in [0.3, 0.4) is 0 Å². The van der Waals surface area contributed by atoms with E-state index in [1.54, 1.807) is 26.2 Å². The summed E-state index contributed by atoms with van der Waals surface area (Å²) < 4.78 is 5.11. The summed E-state index contributed by atoms with van der Waals surface area (Å²) in [6, 6.07) is 6.78. The number of amides is 4. The highest BCUT2D eigenvalue weighted by molar-refractivity contribution is 6.08. The summed E-state index contributed by atoms with van der Waals surface area (Å²) in [5, 5.41) is 5.42. The van der Waals surface area contributed by atoms with Crippen LogP contribution >= 0.6 is 0 Å². The molecule has 7 heteroatoms. The molecular weight excluding hydrogens is 322 g/mol. The molecule has 1 fully saturated rings. The number of imide groups is 1. The zero-order chi connectivity index (χ0) is 18.4. The highest BCUT2D eigenvalue weighted by Gasteiger charge is 2.48. The SMILES string of the molecule is CCCCNC(=O)CN1C(=O)NC(C)(Cc2ccc(OC)cc2)C1=O. The first-order valence-corrected chi connectivity index (χ1v) is 8.43. The normalized spacial score (nSPS) is 19.7. The largest absolute Gasteiger partial charge is 0.497 e. The number of nitrogens with one attached hydrogen (secondary N) is 2. The lowest BCUT2D eigenvalue weighted by Crippen LogP contribution is -2.46. The molecule has 0 saturated carbocycles. The number of unbranched alkanes of at least 4 members (excludes halogenated alkanes) is 1. The van der Waals surface area contributed by atoms with Crippen LogP contribution in [-0.4, -0.2) is 48.5 Å². The van der Waals surface area contributed by atoms with E-state index >= 15 is 0 Å². The van der Waals surface area contributed by atoms with Gasteiger partial charge in [0, 0.05) is 13.0 Å². The molecule has 136 valence electrons. The summed E-state index contributed by atoms with van der Waals surface area (Å²) in [4.78, 5) is 37.7. The maximum absolute atomic E-state index is 12.7. The highest BCUT2D eigenvalue weighted by atomic mass is 16.5. The van der Waals surface area contributed by atoms with Gasteiger partial charge in [-0.1, -0.05) is 25.5 Å². The Balaban J connectivity index is 2.01. The van der Waals surface area contributed by atoms with E-state index in [1.807, 2.05) is 19.1 Å². The maximum atomic E-state index is 12.7. The standard InChI is InChI=1S/C18H25N3O4/c1-4-5-10-19-15(22)12-21-16(23)18(2,20-17(21)24)11-13-6-8-14(25-3)9-7-13/h6-9H,4-5,10-12H2,1-3H3,(H,19,22)(H,20,24). The first kappa shape index (κ1) is 18.8. The molecule has 1 atom stereocenters. The van der Waals surface area contributed by atoms with Gasteiger partial charge in [0.25, 0.3) is 5.91 Å². The molecule has 1 aromatic carbocycles. The topological polar surface area (TPSA) is 87.7 Å². The van der Waals surface area contributed by atoms with Gasteiger partial charge in [-0.25, -0.2) is 4.79 Å². The number of carbonyl (C=O) groups excluding carboxylic acids is 3. The average Bonchev–Trinajstić information content (AvgIpc) is 2.79. The minimum absolute atomic E-state index is 0.257. The van der Waals surface area contributed by atoms with Gasteiger partial charge in [-0.15, -0.1) is 0 Å². The molecule has 1 aliphatic heterocycles. The number of hydrogen-bond donors (Lipinski definition) is 2. The molecule has 2 rings (SSSR count). The predicted octanol–water partition coefficient (Wildman–Crippen LogP) is 1.46. The van der Waals surface area contributed by atoms with Crippen molar-refractivity contribution in [1.82, 2.24) is 15.5 Å². The molecular formula is C18H25N3O4. The summed E-state index contributed by atoms with van der Waals surface area (Å²) in [7, 11) is 1.58. The summed E-state index contributed by atoms with van der Waals surface area (Å²) in [5.41, 5.74) is -0.166. The zero-order valence-corrected chi connectivity index (χ0v) is 14.9. The van der Waals surface area contributed by atoms with Crippen LogP contribution in [0.5, 0.6) is 5.75 Å². The Labute approximate surface area is 147 Å². The fourth-order valence-electron chi connectivity index (χ4n) is 2.77. The zero-order valence-electron chi connectivity index (χ0n) is 14.9. The monoisotopic (exact) mass is 347 g/mol.